The first kappa shape index (κ1) is 13.4. The van der Waals surface area contributed by atoms with E-state index in [-0.39, 0.29) is 23.6 Å². The summed E-state index contributed by atoms with van der Waals surface area (Å²) in [7, 11) is 2.05. The van der Waals surface area contributed by atoms with E-state index in [1.165, 1.54) is 0 Å². The summed E-state index contributed by atoms with van der Waals surface area (Å²) in [5.74, 6) is 0.237. The van der Waals surface area contributed by atoms with Crippen molar-refractivity contribution in [3.63, 3.8) is 0 Å². The highest BCUT2D eigenvalue weighted by atomic mass is 31.2. The molecule has 0 aromatic heterocycles. The molecule has 0 amide bonds. The van der Waals surface area contributed by atoms with Gasteiger partial charge in [0.15, 0.2) is 0 Å². The smallest absolute Gasteiger partial charge is 0.139 e. The third-order valence-corrected chi connectivity index (χ3v) is 4.97. The van der Waals surface area contributed by atoms with Crippen LogP contribution in [0.25, 0.3) is 0 Å². The molecule has 0 aromatic rings. The fourth-order valence-corrected chi connectivity index (χ4v) is 3.20. The van der Waals surface area contributed by atoms with E-state index in [0.717, 1.165) is 12.6 Å². The Balaban J connectivity index is 2.64. The molecule has 15 heavy (non-hydrogen) atoms. The van der Waals surface area contributed by atoms with Crippen molar-refractivity contribution in [3.05, 3.63) is 0 Å². The van der Waals surface area contributed by atoms with Crippen LogP contribution in [0.1, 0.15) is 20.3 Å². The van der Waals surface area contributed by atoms with Crippen molar-refractivity contribution in [1.82, 2.24) is 0 Å². The number of hydrogen-bond donors (Lipinski definition) is 1. The van der Waals surface area contributed by atoms with Crippen LogP contribution in [-0.4, -0.2) is 56.5 Å². The lowest BCUT2D eigenvalue weighted by molar-refractivity contribution is -0.0545. The molecule has 1 fully saturated rings. The molecule has 0 aliphatic carbocycles. The molecule has 0 bridgehead atoms. The third-order valence-electron chi connectivity index (χ3n) is 3.53. The van der Waals surface area contributed by atoms with Gasteiger partial charge < -0.3 is 9.84 Å². The fourth-order valence-electron chi connectivity index (χ4n) is 2.15. The molecule has 1 aliphatic heterocycles. The zero-order valence-electron chi connectivity index (χ0n) is 10.7. The summed E-state index contributed by atoms with van der Waals surface area (Å²) >= 11 is 0. The van der Waals surface area contributed by atoms with Gasteiger partial charge >= 0.3 is 0 Å². The van der Waals surface area contributed by atoms with Crippen LogP contribution in [0.5, 0.6) is 0 Å². The maximum absolute atomic E-state index is 10.2. The second kappa shape index (κ2) is 4.27. The first-order valence-electron chi connectivity index (χ1n) is 5.69. The van der Waals surface area contributed by atoms with E-state index in [1.807, 2.05) is 14.8 Å². The summed E-state index contributed by atoms with van der Waals surface area (Å²) in [6.07, 6.45) is 5.87. The Morgan fingerprint density at radius 3 is 2.40 bits per heavy atom. The van der Waals surface area contributed by atoms with Crippen molar-refractivity contribution in [1.29, 1.82) is 0 Å². The average molecular weight is 230 g/mol. The highest BCUT2D eigenvalue weighted by Gasteiger charge is 2.47. The quantitative estimate of drug-likeness (QED) is 0.574. The predicted octanol–water partition coefficient (Wildman–Crippen LogP) is 0.831. The van der Waals surface area contributed by atoms with Crippen LogP contribution in [-0.2, 0) is 4.74 Å². The van der Waals surface area contributed by atoms with Crippen LogP contribution in [0.15, 0.2) is 0 Å². The van der Waals surface area contributed by atoms with Crippen LogP contribution in [0.2, 0.25) is 0 Å². The van der Waals surface area contributed by atoms with Crippen LogP contribution >= 0.6 is 6.89 Å². The van der Waals surface area contributed by atoms with E-state index in [4.69, 9.17) is 4.74 Å². The van der Waals surface area contributed by atoms with Crippen molar-refractivity contribution in [2.75, 3.05) is 19.5 Å². The molecular weight excluding hydrogens is 206 g/mol. The number of aliphatic hydroxyl groups is 1. The highest BCUT2D eigenvalue weighted by Crippen LogP contribution is 2.42. The molecule has 0 saturated carbocycles. The molecule has 4 atom stereocenters. The van der Waals surface area contributed by atoms with Gasteiger partial charge in [0.25, 0.3) is 0 Å². The number of ether oxygens (including phenoxy) is 1. The number of hydrogen-bond acceptors (Lipinski definition) is 2. The molecule has 2 nitrogen and oxygen atoms in total. The second-order valence-electron chi connectivity index (χ2n) is 5.85. The Bertz CT molecular complexity index is 276. The Kier molecular flexibility index (Phi) is 3.80. The SMILES string of the molecule is B[C@@H]1O[C@](C)(CCP(=C)(C)C)[C@@H](O)C1C. The van der Waals surface area contributed by atoms with E-state index in [2.05, 4.69) is 26.6 Å². The monoisotopic (exact) mass is 230 g/mol. The van der Waals surface area contributed by atoms with Gasteiger partial charge in [-0.2, -0.15) is 0 Å². The largest absolute Gasteiger partial charge is 0.390 e. The van der Waals surface area contributed by atoms with E-state index >= 15 is 0 Å². The van der Waals surface area contributed by atoms with Gasteiger partial charge in [-0.15, -0.1) is 13.2 Å². The molecule has 0 aromatic carbocycles. The minimum Gasteiger partial charge on any atom is -0.390 e. The molecular formula is C11H24BO2P. The van der Waals surface area contributed by atoms with Gasteiger partial charge in [-0.25, -0.2) is 0 Å². The van der Waals surface area contributed by atoms with Crippen LogP contribution in [0, 0.1) is 5.92 Å². The lowest BCUT2D eigenvalue weighted by Crippen LogP contribution is -2.38. The van der Waals surface area contributed by atoms with Gasteiger partial charge in [-0.1, -0.05) is 6.92 Å². The summed E-state index contributed by atoms with van der Waals surface area (Å²) in [4.78, 5) is 0. The maximum Gasteiger partial charge on any atom is 0.139 e. The molecule has 88 valence electrons. The first-order valence-corrected chi connectivity index (χ1v) is 8.74. The third kappa shape index (κ3) is 3.12. The van der Waals surface area contributed by atoms with E-state index < -0.39 is 6.89 Å². The molecule has 1 N–H and O–H groups in total. The Labute approximate surface area is 94.8 Å². The maximum atomic E-state index is 10.2. The molecule has 4 heteroatoms. The van der Waals surface area contributed by atoms with E-state index in [1.54, 1.807) is 0 Å². The minimum absolute atomic E-state index is 0.163. The molecule has 1 aliphatic rings. The lowest BCUT2D eigenvalue weighted by atomic mass is 9.83. The van der Waals surface area contributed by atoms with Crippen molar-refractivity contribution >= 4 is 21.0 Å². The standard InChI is InChI=1S/C11H24BO2P/c1-8-9(13)11(2,14-10(8)12)6-7-15(3,4)5/h8-10,13H,3,6-7,12H2,1-2,4-5H3/t8?,9-,10+,11+/m0/s1. The number of rotatable bonds is 3. The van der Waals surface area contributed by atoms with Crippen LogP contribution in [0.4, 0.5) is 0 Å². The molecule has 1 heterocycles. The van der Waals surface area contributed by atoms with Gasteiger partial charge in [-0.3, -0.25) is 0 Å². The van der Waals surface area contributed by atoms with Gasteiger partial charge in [0.1, 0.15) is 7.85 Å². The molecule has 0 spiro atoms. The van der Waals surface area contributed by atoms with E-state index in [9.17, 15) is 5.11 Å². The van der Waals surface area contributed by atoms with Crippen LogP contribution < -0.4 is 0 Å². The highest BCUT2D eigenvalue weighted by molar-refractivity contribution is 7.72. The van der Waals surface area contributed by atoms with Gasteiger partial charge in [0.05, 0.1) is 11.7 Å². The first-order chi connectivity index (χ1) is 6.66. The van der Waals surface area contributed by atoms with Crippen molar-refractivity contribution in [2.24, 2.45) is 5.92 Å². The normalized spacial score (nSPS) is 42.1. The summed E-state index contributed by atoms with van der Waals surface area (Å²) in [6.45, 7) is 7.53. The minimum atomic E-state index is -1.02. The summed E-state index contributed by atoms with van der Waals surface area (Å²) in [5.41, 5.74) is -0.353. The Morgan fingerprint density at radius 1 is 1.53 bits per heavy atom. The molecule has 0 radical (unpaired) electrons. The zero-order chi connectivity index (χ0) is 11.9. The Morgan fingerprint density at radius 2 is 2.07 bits per heavy atom. The Hall–Kier alpha value is 0.285. The van der Waals surface area contributed by atoms with Gasteiger partial charge in [0, 0.05) is 11.9 Å². The summed E-state index contributed by atoms with van der Waals surface area (Å²) in [5, 5.41) is 10.2. The predicted molar refractivity (Wildman–Crippen MR) is 72.4 cm³/mol. The van der Waals surface area contributed by atoms with Gasteiger partial charge in [0.2, 0.25) is 0 Å². The summed E-state index contributed by atoms with van der Waals surface area (Å²) < 4.78 is 5.91. The average Bonchev–Trinajstić information content (AvgIpc) is 2.27. The van der Waals surface area contributed by atoms with E-state index in [0.29, 0.717) is 0 Å². The summed E-state index contributed by atoms with van der Waals surface area (Å²) in [6, 6.07) is 0.163. The van der Waals surface area contributed by atoms with Crippen molar-refractivity contribution in [2.45, 2.75) is 38.0 Å². The zero-order valence-corrected chi connectivity index (χ0v) is 11.6. The van der Waals surface area contributed by atoms with Crippen LogP contribution in [0.3, 0.4) is 0 Å². The second-order valence-corrected chi connectivity index (χ2v) is 10.2. The lowest BCUT2D eigenvalue weighted by Gasteiger charge is -2.30. The molecule has 1 unspecified atom stereocenters. The van der Waals surface area contributed by atoms with Gasteiger partial charge in [-0.05, 0) is 32.8 Å². The van der Waals surface area contributed by atoms with Crippen molar-refractivity contribution in [3.8, 4) is 0 Å². The molecule has 1 rings (SSSR count). The topological polar surface area (TPSA) is 29.5 Å². The number of aliphatic hydroxyl groups excluding tert-OH is 1. The molecule has 1 saturated heterocycles. The fraction of sp³-hybridized carbons (Fsp3) is 0.909. The van der Waals surface area contributed by atoms with Crippen molar-refractivity contribution < 1.29 is 9.84 Å².